The van der Waals surface area contributed by atoms with Gasteiger partial charge in [-0.1, -0.05) is 54.9 Å². The van der Waals surface area contributed by atoms with E-state index in [4.69, 9.17) is 10.5 Å². The second-order valence-electron chi connectivity index (χ2n) is 6.39. The van der Waals surface area contributed by atoms with E-state index in [1.54, 1.807) is 0 Å². The molecule has 2 N–H and O–H groups in total. The Labute approximate surface area is 135 Å². The van der Waals surface area contributed by atoms with Crippen LogP contribution in [0.25, 0.3) is 0 Å². The third kappa shape index (κ3) is 4.01. The summed E-state index contributed by atoms with van der Waals surface area (Å²) in [6.07, 6.45) is 0. The van der Waals surface area contributed by atoms with Crippen molar-refractivity contribution in [3.8, 4) is 5.75 Å². The largest absolute Gasteiger partial charge is 0.489 e. The SMILES string of the molecule is Cc1ccc(C(C)(C)C)c(OCc2ccc(N)cc2Br)c1. The molecule has 0 saturated carbocycles. The molecule has 112 valence electrons. The smallest absolute Gasteiger partial charge is 0.123 e. The van der Waals surface area contributed by atoms with Gasteiger partial charge in [-0.3, -0.25) is 0 Å². The van der Waals surface area contributed by atoms with Gasteiger partial charge in [-0.15, -0.1) is 0 Å². The van der Waals surface area contributed by atoms with E-state index in [9.17, 15) is 0 Å². The number of rotatable bonds is 3. The molecule has 2 nitrogen and oxygen atoms in total. The molecule has 0 aliphatic carbocycles. The van der Waals surface area contributed by atoms with E-state index in [0.717, 1.165) is 21.5 Å². The number of halogens is 1. The van der Waals surface area contributed by atoms with Crippen LogP contribution in [0.2, 0.25) is 0 Å². The van der Waals surface area contributed by atoms with Crippen molar-refractivity contribution in [2.45, 2.75) is 39.7 Å². The van der Waals surface area contributed by atoms with E-state index in [1.165, 1.54) is 11.1 Å². The van der Waals surface area contributed by atoms with Crippen LogP contribution in [0.15, 0.2) is 40.9 Å². The van der Waals surface area contributed by atoms with Crippen LogP contribution in [0.5, 0.6) is 5.75 Å². The number of nitrogens with two attached hydrogens (primary N) is 1. The van der Waals surface area contributed by atoms with E-state index in [2.05, 4.69) is 61.8 Å². The molecule has 0 heterocycles. The minimum Gasteiger partial charge on any atom is -0.489 e. The molecule has 0 amide bonds. The Morgan fingerprint density at radius 3 is 2.43 bits per heavy atom. The maximum absolute atomic E-state index is 6.08. The quantitative estimate of drug-likeness (QED) is 0.772. The average molecular weight is 348 g/mol. The fourth-order valence-corrected chi connectivity index (χ4v) is 2.72. The lowest BCUT2D eigenvalue weighted by Crippen LogP contribution is -2.13. The average Bonchev–Trinajstić information content (AvgIpc) is 2.36. The predicted molar refractivity (Wildman–Crippen MR) is 92.8 cm³/mol. The Morgan fingerprint density at radius 1 is 1.10 bits per heavy atom. The molecular formula is C18H22BrNO. The molecule has 2 rings (SSSR count). The van der Waals surface area contributed by atoms with Gasteiger partial charge in [-0.2, -0.15) is 0 Å². The first-order chi connectivity index (χ1) is 9.77. The highest BCUT2D eigenvalue weighted by Crippen LogP contribution is 2.33. The zero-order chi connectivity index (χ0) is 15.6. The number of nitrogen functional groups attached to an aromatic ring is 1. The van der Waals surface area contributed by atoms with Gasteiger partial charge in [0.2, 0.25) is 0 Å². The molecule has 0 fully saturated rings. The van der Waals surface area contributed by atoms with Crippen molar-refractivity contribution in [2.75, 3.05) is 5.73 Å². The van der Waals surface area contributed by atoms with E-state index in [1.807, 2.05) is 18.2 Å². The highest BCUT2D eigenvalue weighted by atomic mass is 79.9. The van der Waals surface area contributed by atoms with E-state index < -0.39 is 0 Å². The van der Waals surface area contributed by atoms with Crippen LogP contribution in [0.3, 0.4) is 0 Å². The zero-order valence-corrected chi connectivity index (χ0v) is 14.6. The number of ether oxygens (including phenoxy) is 1. The van der Waals surface area contributed by atoms with Gasteiger partial charge in [0.1, 0.15) is 12.4 Å². The Morgan fingerprint density at radius 2 is 1.81 bits per heavy atom. The summed E-state index contributed by atoms with van der Waals surface area (Å²) in [5.74, 6) is 0.950. The molecule has 0 aliphatic rings. The molecule has 0 bridgehead atoms. The van der Waals surface area contributed by atoms with Crippen molar-refractivity contribution in [3.63, 3.8) is 0 Å². The predicted octanol–water partition coefficient (Wildman–Crippen LogP) is 5.22. The van der Waals surface area contributed by atoms with Gasteiger partial charge in [-0.25, -0.2) is 0 Å². The molecule has 0 unspecified atom stereocenters. The zero-order valence-electron chi connectivity index (χ0n) is 13.0. The maximum atomic E-state index is 6.08. The Balaban J connectivity index is 2.25. The van der Waals surface area contributed by atoms with Crippen LogP contribution in [-0.4, -0.2) is 0 Å². The summed E-state index contributed by atoms with van der Waals surface area (Å²) in [7, 11) is 0. The summed E-state index contributed by atoms with van der Waals surface area (Å²) in [6.45, 7) is 9.20. The highest BCUT2D eigenvalue weighted by Gasteiger charge is 2.19. The van der Waals surface area contributed by atoms with Gasteiger partial charge in [0.15, 0.2) is 0 Å². The monoisotopic (exact) mass is 347 g/mol. The van der Waals surface area contributed by atoms with Crippen molar-refractivity contribution in [1.29, 1.82) is 0 Å². The molecule has 0 spiro atoms. The molecule has 0 aliphatic heterocycles. The minimum absolute atomic E-state index is 0.0569. The van der Waals surface area contributed by atoms with E-state index in [-0.39, 0.29) is 5.41 Å². The summed E-state index contributed by atoms with van der Waals surface area (Å²) in [5.41, 5.74) is 10.1. The van der Waals surface area contributed by atoms with Crippen molar-refractivity contribution < 1.29 is 4.74 Å². The molecule has 0 atom stereocenters. The van der Waals surface area contributed by atoms with Crippen molar-refractivity contribution in [3.05, 3.63) is 57.6 Å². The van der Waals surface area contributed by atoms with Gasteiger partial charge >= 0.3 is 0 Å². The highest BCUT2D eigenvalue weighted by molar-refractivity contribution is 9.10. The summed E-state index contributed by atoms with van der Waals surface area (Å²) in [5, 5.41) is 0. The van der Waals surface area contributed by atoms with Crippen LogP contribution in [0.4, 0.5) is 5.69 Å². The molecule has 0 radical (unpaired) electrons. The minimum atomic E-state index is 0.0569. The van der Waals surface area contributed by atoms with Crippen LogP contribution in [0.1, 0.15) is 37.5 Å². The lowest BCUT2D eigenvalue weighted by atomic mass is 9.86. The van der Waals surface area contributed by atoms with Crippen LogP contribution >= 0.6 is 15.9 Å². The third-order valence-electron chi connectivity index (χ3n) is 3.41. The van der Waals surface area contributed by atoms with Crippen molar-refractivity contribution in [1.82, 2.24) is 0 Å². The Kier molecular flexibility index (Phi) is 4.62. The second-order valence-corrected chi connectivity index (χ2v) is 7.24. The molecule has 0 saturated heterocycles. The first-order valence-electron chi connectivity index (χ1n) is 7.05. The molecule has 21 heavy (non-hydrogen) atoms. The van der Waals surface area contributed by atoms with Crippen LogP contribution < -0.4 is 10.5 Å². The third-order valence-corrected chi connectivity index (χ3v) is 4.14. The molecule has 2 aromatic carbocycles. The van der Waals surface area contributed by atoms with Gasteiger partial charge in [0.05, 0.1) is 0 Å². The number of aryl methyl sites for hydroxylation is 1. The fourth-order valence-electron chi connectivity index (χ4n) is 2.20. The number of benzene rings is 2. The lowest BCUT2D eigenvalue weighted by molar-refractivity contribution is 0.296. The summed E-state index contributed by atoms with van der Waals surface area (Å²) >= 11 is 3.53. The first kappa shape index (κ1) is 15.9. The lowest BCUT2D eigenvalue weighted by Gasteiger charge is -2.23. The van der Waals surface area contributed by atoms with Crippen LogP contribution in [-0.2, 0) is 12.0 Å². The Hall–Kier alpha value is -1.48. The van der Waals surface area contributed by atoms with Gasteiger partial charge in [0.25, 0.3) is 0 Å². The topological polar surface area (TPSA) is 35.2 Å². The number of anilines is 1. The van der Waals surface area contributed by atoms with E-state index >= 15 is 0 Å². The Bertz CT molecular complexity index is 644. The maximum Gasteiger partial charge on any atom is 0.123 e. The van der Waals surface area contributed by atoms with E-state index in [0.29, 0.717) is 6.61 Å². The van der Waals surface area contributed by atoms with Gasteiger partial charge in [-0.05, 0) is 41.7 Å². The fraction of sp³-hybridized carbons (Fsp3) is 0.333. The van der Waals surface area contributed by atoms with Crippen molar-refractivity contribution >= 4 is 21.6 Å². The summed E-state index contributed by atoms with van der Waals surface area (Å²) in [6, 6.07) is 12.2. The first-order valence-corrected chi connectivity index (χ1v) is 7.84. The number of hydrogen-bond acceptors (Lipinski definition) is 2. The molecule has 0 aromatic heterocycles. The summed E-state index contributed by atoms with van der Waals surface area (Å²) < 4.78 is 7.06. The normalized spacial score (nSPS) is 11.5. The van der Waals surface area contributed by atoms with Gasteiger partial charge < -0.3 is 10.5 Å². The van der Waals surface area contributed by atoms with Crippen LogP contribution in [0, 0.1) is 6.92 Å². The standard InChI is InChI=1S/C18H22BrNO/c1-12-5-8-15(18(2,3)4)17(9-12)21-11-13-6-7-14(20)10-16(13)19/h5-10H,11,20H2,1-4H3. The second kappa shape index (κ2) is 6.10. The number of hydrogen-bond donors (Lipinski definition) is 1. The molecule has 3 heteroatoms. The molecular weight excluding hydrogens is 326 g/mol. The van der Waals surface area contributed by atoms with Gasteiger partial charge in [0, 0.05) is 15.7 Å². The molecule has 2 aromatic rings. The summed E-state index contributed by atoms with van der Waals surface area (Å²) in [4.78, 5) is 0. The van der Waals surface area contributed by atoms with Crippen molar-refractivity contribution in [2.24, 2.45) is 0 Å².